The first-order valence-corrected chi connectivity index (χ1v) is 6.73. The number of hydrogen-bond donors (Lipinski definition) is 2. The summed E-state index contributed by atoms with van der Waals surface area (Å²) in [5.74, 6) is -1.29. The minimum Gasteiger partial charge on any atom is -0.481 e. The Morgan fingerprint density at radius 1 is 1.42 bits per heavy atom. The zero-order valence-electron chi connectivity index (χ0n) is 10.4. The lowest BCUT2D eigenvalue weighted by molar-refractivity contribution is -0.138. The van der Waals surface area contributed by atoms with Gasteiger partial charge in [-0.2, -0.15) is 0 Å². The van der Waals surface area contributed by atoms with Crippen LogP contribution in [0.5, 0.6) is 0 Å². The summed E-state index contributed by atoms with van der Waals surface area (Å²) >= 11 is 3.44. The van der Waals surface area contributed by atoms with Crippen LogP contribution in [-0.2, 0) is 4.79 Å². The Kier molecular flexibility index (Phi) is 4.17. The molecular weight excluding hydrogens is 310 g/mol. The van der Waals surface area contributed by atoms with Crippen molar-refractivity contribution >= 4 is 32.8 Å². The molecule has 0 saturated carbocycles. The van der Waals surface area contributed by atoms with Gasteiger partial charge >= 0.3 is 5.97 Å². The molecule has 0 fully saturated rings. The van der Waals surface area contributed by atoms with E-state index in [4.69, 9.17) is 5.11 Å². The number of carboxylic acids is 1. The number of benzene rings is 1. The maximum Gasteiger partial charge on any atom is 0.303 e. The van der Waals surface area contributed by atoms with Crippen LogP contribution in [0.25, 0.3) is 10.9 Å². The van der Waals surface area contributed by atoms with Crippen molar-refractivity contribution in [2.24, 2.45) is 5.92 Å². The van der Waals surface area contributed by atoms with Crippen LogP contribution in [0.4, 0.5) is 0 Å². The molecule has 1 aromatic heterocycles. The normalized spacial score (nSPS) is 14.3. The Morgan fingerprint density at radius 3 is 2.84 bits per heavy atom. The van der Waals surface area contributed by atoms with E-state index in [0.29, 0.717) is 11.1 Å². The van der Waals surface area contributed by atoms with E-state index in [9.17, 15) is 9.90 Å². The number of nitrogens with zero attached hydrogens (tertiary/aromatic N) is 1. The second-order valence-electron chi connectivity index (χ2n) is 4.56. The maximum atomic E-state index is 10.7. The highest BCUT2D eigenvalue weighted by molar-refractivity contribution is 9.10. The van der Waals surface area contributed by atoms with Gasteiger partial charge in [-0.1, -0.05) is 35.0 Å². The third kappa shape index (κ3) is 2.93. The molecule has 5 heteroatoms. The first-order valence-electron chi connectivity index (χ1n) is 5.93. The number of rotatable bonds is 4. The highest BCUT2D eigenvalue weighted by Gasteiger charge is 2.22. The molecule has 4 nitrogen and oxygen atoms in total. The number of fused-ring (bicyclic) bond motifs is 1. The van der Waals surface area contributed by atoms with Crippen LogP contribution in [0, 0.1) is 5.92 Å². The van der Waals surface area contributed by atoms with E-state index in [1.54, 1.807) is 19.2 Å². The van der Waals surface area contributed by atoms with Crippen LogP contribution in [0.2, 0.25) is 0 Å². The van der Waals surface area contributed by atoms with Gasteiger partial charge in [0.25, 0.3) is 0 Å². The summed E-state index contributed by atoms with van der Waals surface area (Å²) in [7, 11) is 0. The third-order valence-corrected chi connectivity index (χ3v) is 3.79. The highest BCUT2D eigenvalue weighted by Crippen LogP contribution is 2.32. The van der Waals surface area contributed by atoms with E-state index < -0.39 is 12.1 Å². The van der Waals surface area contributed by atoms with E-state index in [-0.39, 0.29) is 12.3 Å². The topological polar surface area (TPSA) is 70.4 Å². The van der Waals surface area contributed by atoms with Gasteiger partial charge in [0, 0.05) is 21.6 Å². The fourth-order valence-electron chi connectivity index (χ4n) is 2.09. The number of aliphatic hydroxyl groups is 1. The quantitative estimate of drug-likeness (QED) is 0.906. The number of pyridine rings is 1. The predicted octanol–water partition coefficient (Wildman–Crippen LogP) is 3.14. The summed E-state index contributed by atoms with van der Waals surface area (Å²) in [6, 6.07) is 7.35. The fraction of sp³-hybridized carbons (Fsp3) is 0.286. The molecule has 2 N–H and O–H groups in total. The molecular formula is C14H14BrNO3. The molecule has 100 valence electrons. The molecule has 0 spiro atoms. The molecule has 0 saturated heterocycles. The van der Waals surface area contributed by atoms with E-state index in [1.165, 1.54) is 0 Å². The summed E-state index contributed by atoms with van der Waals surface area (Å²) in [4.78, 5) is 15.0. The van der Waals surface area contributed by atoms with E-state index in [2.05, 4.69) is 20.9 Å². The van der Waals surface area contributed by atoms with E-state index in [0.717, 1.165) is 9.86 Å². The maximum absolute atomic E-state index is 10.7. The molecule has 0 amide bonds. The smallest absolute Gasteiger partial charge is 0.303 e. The molecule has 0 aliphatic rings. The lowest BCUT2D eigenvalue weighted by Crippen LogP contribution is -2.14. The molecule has 2 unspecified atom stereocenters. The molecule has 2 aromatic rings. The first kappa shape index (κ1) is 14.0. The number of carboxylic acid groups (broad SMARTS) is 1. The van der Waals surface area contributed by atoms with Crippen molar-refractivity contribution in [1.82, 2.24) is 4.98 Å². The molecule has 19 heavy (non-hydrogen) atoms. The van der Waals surface area contributed by atoms with Gasteiger partial charge in [0.05, 0.1) is 18.0 Å². The second-order valence-corrected chi connectivity index (χ2v) is 5.41. The van der Waals surface area contributed by atoms with Crippen molar-refractivity contribution in [3.8, 4) is 0 Å². The Hall–Kier alpha value is -1.46. The van der Waals surface area contributed by atoms with Crippen molar-refractivity contribution in [3.05, 3.63) is 40.5 Å². The van der Waals surface area contributed by atoms with Crippen molar-refractivity contribution < 1.29 is 15.0 Å². The SMILES string of the molecule is CC(CC(=O)O)C(O)c1ccc(Br)c2cccnc12. The monoisotopic (exact) mass is 323 g/mol. The molecule has 0 aliphatic heterocycles. The van der Waals surface area contributed by atoms with Crippen molar-refractivity contribution in [2.45, 2.75) is 19.4 Å². The van der Waals surface area contributed by atoms with E-state index in [1.807, 2.05) is 18.2 Å². The lowest BCUT2D eigenvalue weighted by atomic mass is 9.93. The molecule has 0 bridgehead atoms. The number of carbonyl (C=O) groups is 1. The minimum absolute atomic E-state index is 0.0778. The van der Waals surface area contributed by atoms with Crippen molar-refractivity contribution in [3.63, 3.8) is 0 Å². The Labute approximate surface area is 119 Å². The average molecular weight is 324 g/mol. The summed E-state index contributed by atoms with van der Waals surface area (Å²) in [6.07, 6.45) is 0.736. The van der Waals surface area contributed by atoms with Gasteiger partial charge < -0.3 is 10.2 Å². The summed E-state index contributed by atoms with van der Waals surface area (Å²) < 4.78 is 0.900. The van der Waals surface area contributed by atoms with Gasteiger partial charge in [0.2, 0.25) is 0 Å². The van der Waals surface area contributed by atoms with Gasteiger partial charge in [0.15, 0.2) is 0 Å². The summed E-state index contributed by atoms with van der Waals surface area (Å²) in [5.41, 5.74) is 1.36. The van der Waals surface area contributed by atoms with Gasteiger partial charge in [-0.25, -0.2) is 0 Å². The van der Waals surface area contributed by atoms with Crippen LogP contribution in [0.1, 0.15) is 25.0 Å². The van der Waals surface area contributed by atoms with Crippen LogP contribution < -0.4 is 0 Å². The Bertz CT molecular complexity index is 615. The zero-order chi connectivity index (χ0) is 14.0. The summed E-state index contributed by atoms with van der Waals surface area (Å²) in [5, 5.41) is 20.0. The average Bonchev–Trinajstić information content (AvgIpc) is 2.38. The standard InChI is InChI=1S/C14H14BrNO3/c1-8(7-12(17)18)14(19)10-4-5-11(15)9-3-2-6-16-13(9)10/h2-6,8,14,19H,7H2,1H3,(H,17,18). The summed E-state index contributed by atoms with van der Waals surface area (Å²) in [6.45, 7) is 1.72. The fourth-order valence-corrected chi connectivity index (χ4v) is 2.54. The number of aromatic nitrogens is 1. The molecule has 2 atom stereocenters. The molecule has 0 radical (unpaired) electrons. The van der Waals surface area contributed by atoms with Crippen LogP contribution in [0.3, 0.4) is 0 Å². The van der Waals surface area contributed by atoms with Crippen LogP contribution >= 0.6 is 15.9 Å². The Balaban J connectivity index is 2.45. The van der Waals surface area contributed by atoms with Crippen molar-refractivity contribution in [1.29, 1.82) is 0 Å². The van der Waals surface area contributed by atoms with Crippen molar-refractivity contribution in [2.75, 3.05) is 0 Å². The number of halogens is 1. The molecule has 1 heterocycles. The van der Waals surface area contributed by atoms with Crippen LogP contribution in [0.15, 0.2) is 34.9 Å². The van der Waals surface area contributed by atoms with Gasteiger partial charge in [0.1, 0.15) is 0 Å². The van der Waals surface area contributed by atoms with E-state index >= 15 is 0 Å². The highest BCUT2D eigenvalue weighted by atomic mass is 79.9. The second kappa shape index (κ2) is 5.67. The van der Waals surface area contributed by atoms with Crippen LogP contribution in [-0.4, -0.2) is 21.2 Å². The molecule has 0 aliphatic carbocycles. The van der Waals surface area contributed by atoms with Gasteiger partial charge in [-0.05, 0) is 18.1 Å². The Morgan fingerprint density at radius 2 is 2.16 bits per heavy atom. The zero-order valence-corrected chi connectivity index (χ0v) is 12.0. The molecule has 1 aromatic carbocycles. The molecule has 2 rings (SSSR count). The lowest BCUT2D eigenvalue weighted by Gasteiger charge is -2.19. The van der Waals surface area contributed by atoms with Gasteiger partial charge in [-0.15, -0.1) is 0 Å². The number of hydrogen-bond acceptors (Lipinski definition) is 3. The largest absolute Gasteiger partial charge is 0.481 e. The first-order chi connectivity index (χ1) is 9.00. The number of aliphatic hydroxyl groups excluding tert-OH is 1. The number of aliphatic carboxylic acids is 1. The third-order valence-electron chi connectivity index (χ3n) is 3.10. The predicted molar refractivity (Wildman–Crippen MR) is 75.8 cm³/mol. The minimum atomic E-state index is -0.916. The van der Waals surface area contributed by atoms with Gasteiger partial charge in [-0.3, -0.25) is 9.78 Å².